The van der Waals surface area contributed by atoms with Crippen molar-refractivity contribution in [3.8, 4) is 6.07 Å². The van der Waals surface area contributed by atoms with Gasteiger partial charge in [-0.25, -0.2) is 4.98 Å². The van der Waals surface area contributed by atoms with E-state index in [1.54, 1.807) is 0 Å². The molecule has 0 unspecified atom stereocenters. The molecule has 0 aliphatic carbocycles. The van der Waals surface area contributed by atoms with Crippen molar-refractivity contribution < 1.29 is 0 Å². The number of nitrogens with one attached hydrogen (secondary N) is 1. The third-order valence-electron chi connectivity index (χ3n) is 5.14. The Kier molecular flexibility index (Phi) is 5.25. The molecule has 4 aromatic rings. The van der Waals surface area contributed by atoms with Crippen LogP contribution in [0.25, 0.3) is 33.6 Å². The highest BCUT2D eigenvalue weighted by Crippen LogP contribution is 2.26. The summed E-state index contributed by atoms with van der Waals surface area (Å²) in [7, 11) is 0. The van der Waals surface area contributed by atoms with Crippen LogP contribution in [0.5, 0.6) is 0 Å². The summed E-state index contributed by atoms with van der Waals surface area (Å²) < 4.78 is 2.31. The van der Waals surface area contributed by atoms with Gasteiger partial charge >= 0.3 is 0 Å². The van der Waals surface area contributed by atoms with Gasteiger partial charge in [-0.05, 0) is 30.7 Å². The third kappa shape index (κ3) is 3.57. The molecule has 0 fully saturated rings. The van der Waals surface area contributed by atoms with E-state index >= 15 is 0 Å². The average Bonchev–Trinajstić information content (AvgIpc) is 3.31. The van der Waals surface area contributed by atoms with Crippen molar-refractivity contribution in [2.45, 2.75) is 39.2 Å². The van der Waals surface area contributed by atoms with E-state index in [-0.39, 0.29) is 0 Å². The zero-order valence-corrected chi connectivity index (χ0v) is 16.2. The monoisotopic (exact) mass is 368 g/mol. The van der Waals surface area contributed by atoms with Gasteiger partial charge in [0.05, 0.1) is 16.6 Å². The van der Waals surface area contributed by atoms with E-state index in [4.69, 9.17) is 0 Å². The number of para-hydroxylation sites is 3. The predicted molar refractivity (Wildman–Crippen MR) is 116 cm³/mol. The third-order valence-corrected chi connectivity index (χ3v) is 5.14. The number of benzene rings is 2. The van der Waals surface area contributed by atoms with Crippen molar-refractivity contribution in [3.05, 3.63) is 66.1 Å². The number of aromatic nitrogens is 3. The highest BCUT2D eigenvalue weighted by molar-refractivity contribution is 5.98. The van der Waals surface area contributed by atoms with Crippen molar-refractivity contribution in [2.24, 2.45) is 0 Å². The van der Waals surface area contributed by atoms with Crippen LogP contribution in [-0.4, -0.2) is 14.5 Å². The zero-order valence-electron chi connectivity index (χ0n) is 16.2. The molecule has 4 nitrogen and oxygen atoms in total. The normalized spacial score (nSPS) is 11.9. The minimum atomic E-state index is 0.546. The largest absolute Gasteiger partial charge is 0.347 e. The fourth-order valence-corrected chi connectivity index (χ4v) is 3.67. The summed E-state index contributed by atoms with van der Waals surface area (Å²) in [6.07, 6.45) is 9.04. The Balaban J connectivity index is 1.71. The first-order valence-electron chi connectivity index (χ1n) is 9.95. The van der Waals surface area contributed by atoms with Crippen LogP contribution in [0, 0.1) is 11.3 Å². The molecule has 0 saturated heterocycles. The molecule has 4 heteroatoms. The van der Waals surface area contributed by atoms with Gasteiger partial charge in [0.2, 0.25) is 0 Å². The average molecular weight is 368 g/mol. The van der Waals surface area contributed by atoms with Crippen molar-refractivity contribution in [1.82, 2.24) is 14.5 Å². The second-order valence-electron chi connectivity index (χ2n) is 7.13. The molecule has 1 N–H and O–H groups in total. The number of hydrogen-bond acceptors (Lipinski definition) is 2. The first-order valence-corrected chi connectivity index (χ1v) is 9.95. The second kappa shape index (κ2) is 8.14. The van der Waals surface area contributed by atoms with E-state index in [1.165, 1.54) is 36.6 Å². The quantitative estimate of drug-likeness (QED) is 0.313. The number of aryl methyl sites for hydroxylation is 1. The summed E-state index contributed by atoms with van der Waals surface area (Å²) >= 11 is 0. The van der Waals surface area contributed by atoms with Gasteiger partial charge < -0.3 is 9.55 Å². The minimum Gasteiger partial charge on any atom is -0.347 e. The number of imidazole rings is 1. The number of aromatic amines is 1. The lowest BCUT2D eigenvalue weighted by atomic mass is 10.1. The standard InChI is InChI=1S/C24H24N4/c1-2-3-4-9-14-28-17-19(20-10-5-8-13-23(20)28)15-18(16-25)24-26-21-11-6-7-12-22(21)27-24/h5-8,10-13,15,17H,2-4,9,14H2,1H3,(H,26,27)/b18-15+. The van der Waals surface area contributed by atoms with E-state index in [1.807, 2.05) is 36.4 Å². The van der Waals surface area contributed by atoms with Crippen LogP contribution >= 0.6 is 0 Å². The number of nitrogens with zero attached hydrogens (tertiary/aromatic N) is 3. The molecule has 140 valence electrons. The van der Waals surface area contributed by atoms with Gasteiger partial charge in [-0.2, -0.15) is 5.26 Å². The molecule has 0 spiro atoms. The number of H-pyrrole nitrogens is 1. The van der Waals surface area contributed by atoms with Gasteiger partial charge in [0.25, 0.3) is 0 Å². The predicted octanol–water partition coefficient (Wildman–Crippen LogP) is 6.16. The van der Waals surface area contributed by atoms with E-state index in [0.29, 0.717) is 11.4 Å². The van der Waals surface area contributed by atoms with Gasteiger partial charge in [0, 0.05) is 29.2 Å². The van der Waals surface area contributed by atoms with E-state index in [2.05, 4.69) is 51.9 Å². The second-order valence-corrected chi connectivity index (χ2v) is 7.13. The molecule has 0 bridgehead atoms. The number of unbranched alkanes of at least 4 members (excludes halogenated alkanes) is 3. The van der Waals surface area contributed by atoms with Crippen molar-refractivity contribution >= 4 is 33.6 Å². The van der Waals surface area contributed by atoms with Gasteiger partial charge in [-0.3, -0.25) is 0 Å². The lowest BCUT2D eigenvalue weighted by Crippen LogP contribution is -1.95. The Bertz CT molecular complexity index is 1140. The van der Waals surface area contributed by atoms with Crippen LogP contribution in [0.3, 0.4) is 0 Å². The molecule has 0 radical (unpaired) electrons. The highest BCUT2D eigenvalue weighted by Gasteiger charge is 2.11. The SMILES string of the molecule is CCCCCCn1cc(/C=C(\C#N)c2nc3ccccc3[nH]2)c2ccccc21. The number of hydrogen-bond donors (Lipinski definition) is 1. The van der Waals surface area contributed by atoms with Crippen molar-refractivity contribution in [3.63, 3.8) is 0 Å². The molecule has 0 aliphatic heterocycles. The smallest absolute Gasteiger partial charge is 0.149 e. The molecule has 28 heavy (non-hydrogen) atoms. The summed E-state index contributed by atoms with van der Waals surface area (Å²) in [4.78, 5) is 7.85. The van der Waals surface area contributed by atoms with E-state index < -0.39 is 0 Å². The molecular weight excluding hydrogens is 344 g/mol. The van der Waals surface area contributed by atoms with Crippen molar-refractivity contribution in [1.29, 1.82) is 5.26 Å². The minimum absolute atomic E-state index is 0.546. The van der Waals surface area contributed by atoms with Crippen molar-refractivity contribution in [2.75, 3.05) is 0 Å². The lowest BCUT2D eigenvalue weighted by molar-refractivity contribution is 0.593. The molecule has 2 aromatic heterocycles. The summed E-state index contributed by atoms with van der Waals surface area (Å²) in [6.45, 7) is 3.23. The summed E-state index contributed by atoms with van der Waals surface area (Å²) in [5.74, 6) is 0.614. The van der Waals surface area contributed by atoms with Crippen LogP contribution in [0.2, 0.25) is 0 Å². The maximum atomic E-state index is 9.76. The molecular formula is C24H24N4. The first-order chi connectivity index (χ1) is 13.8. The van der Waals surface area contributed by atoms with Gasteiger partial charge in [0.1, 0.15) is 11.9 Å². The summed E-state index contributed by atoms with van der Waals surface area (Å²) in [5, 5.41) is 10.9. The number of fused-ring (bicyclic) bond motifs is 2. The van der Waals surface area contributed by atoms with Crippen LogP contribution in [0.1, 0.15) is 44.0 Å². The summed E-state index contributed by atoms with van der Waals surface area (Å²) in [6, 6.07) is 18.6. The number of allylic oxidation sites excluding steroid dienone is 1. The topological polar surface area (TPSA) is 57.4 Å². The van der Waals surface area contributed by atoms with Crippen LogP contribution in [0.15, 0.2) is 54.7 Å². The molecule has 2 heterocycles. The summed E-state index contributed by atoms with van der Waals surface area (Å²) in [5.41, 5.74) is 4.63. The Morgan fingerprint density at radius 2 is 1.93 bits per heavy atom. The fourth-order valence-electron chi connectivity index (χ4n) is 3.67. The molecule has 4 rings (SSSR count). The molecule has 0 saturated carbocycles. The Morgan fingerprint density at radius 1 is 1.11 bits per heavy atom. The van der Waals surface area contributed by atoms with Gasteiger partial charge in [-0.15, -0.1) is 0 Å². The molecule has 0 amide bonds. The Labute approximate surface area is 165 Å². The van der Waals surface area contributed by atoms with Crippen LogP contribution < -0.4 is 0 Å². The lowest BCUT2D eigenvalue weighted by Gasteiger charge is -2.04. The maximum absolute atomic E-state index is 9.76. The first kappa shape index (κ1) is 18.1. The van der Waals surface area contributed by atoms with Crippen LogP contribution in [-0.2, 0) is 6.54 Å². The molecule has 2 aromatic carbocycles. The highest BCUT2D eigenvalue weighted by atomic mass is 15.0. The number of rotatable bonds is 7. The Morgan fingerprint density at radius 3 is 2.75 bits per heavy atom. The fraction of sp³-hybridized carbons (Fsp3) is 0.250. The maximum Gasteiger partial charge on any atom is 0.149 e. The van der Waals surface area contributed by atoms with E-state index in [0.717, 1.165) is 23.1 Å². The number of nitriles is 1. The van der Waals surface area contributed by atoms with E-state index in [9.17, 15) is 5.26 Å². The van der Waals surface area contributed by atoms with Gasteiger partial charge in [-0.1, -0.05) is 56.5 Å². The molecule has 0 aliphatic rings. The zero-order chi connectivity index (χ0) is 19.3. The molecule has 0 atom stereocenters. The van der Waals surface area contributed by atoms with Crippen LogP contribution in [0.4, 0.5) is 0 Å². The Hall–Kier alpha value is -3.32. The van der Waals surface area contributed by atoms with Gasteiger partial charge in [0.15, 0.2) is 0 Å².